The smallest absolute Gasteiger partial charge is 0.238 e. The summed E-state index contributed by atoms with van der Waals surface area (Å²) >= 11 is 0. The fourth-order valence-electron chi connectivity index (χ4n) is 2.75. The van der Waals surface area contributed by atoms with Gasteiger partial charge >= 0.3 is 0 Å². The molecule has 1 aliphatic rings. The van der Waals surface area contributed by atoms with Crippen LogP contribution in [0.4, 0.5) is 15.8 Å². The third kappa shape index (κ3) is 4.68. The van der Waals surface area contributed by atoms with Crippen LogP contribution in [0.25, 0.3) is 0 Å². The Labute approximate surface area is 123 Å². The van der Waals surface area contributed by atoms with Gasteiger partial charge in [-0.3, -0.25) is 9.69 Å². The lowest BCUT2D eigenvalue weighted by Crippen LogP contribution is -2.40. The zero-order chi connectivity index (χ0) is 15.2. The van der Waals surface area contributed by atoms with E-state index in [1.807, 2.05) is 0 Å². The van der Waals surface area contributed by atoms with Crippen LogP contribution in [-0.4, -0.2) is 42.2 Å². The number of nitrogens with zero attached hydrogens (tertiary/aromatic N) is 1. The first-order valence-corrected chi connectivity index (χ1v) is 7.26. The summed E-state index contributed by atoms with van der Waals surface area (Å²) in [6, 6.07) is 3.92. The van der Waals surface area contributed by atoms with E-state index in [0.717, 1.165) is 32.4 Å². The van der Waals surface area contributed by atoms with Gasteiger partial charge in [-0.15, -0.1) is 0 Å². The van der Waals surface area contributed by atoms with Gasteiger partial charge in [0.1, 0.15) is 5.82 Å². The second kappa shape index (κ2) is 7.38. The Kier molecular flexibility index (Phi) is 5.52. The van der Waals surface area contributed by atoms with Crippen molar-refractivity contribution in [1.29, 1.82) is 0 Å². The van der Waals surface area contributed by atoms with Crippen molar-refractivity contribution in [2.45, 2.75) is 19.3 Å². The number of carbonyl (C=O) groups excluding carboxylic acids is 1. The van der Waals surface area contributed by atoms with Crippen molar-refractivity contribution in [3.8, 4) is 0 Å². The zero-order valence-corrected chi connectivity index (χ0v) is 12.0. The first-order valence-electron chi connectivity index (χ1n) is 7.26. The normalized spacial score (nSPS) is 19.4. The van der Waals surface area contributed by atoms with Crippen molar-refractivity contribution in [2.24, 2.45) is 5.92 Å². The number of piperidine rings is 1. The molecule has 0 spiro atoms. The van der Waals surface area contributed by atoms with E-state index in [2.05, 4.69) is 10.2 Å². The van der Waals surface area contributed by atoms with Gasteiger partial charge in [0.2, 0.25) is 5.91 Å². The van der Waals surface area contributed by atoms with Crippen molar-refractivity contribution in [1.82, 2.24) is 4.90 Å². The SMILES string of the molecule is Nc1cc(F)ccc1NC(=O)CN1CCCC(CCO)C1. The summed E-state index contributed by atoms with van der Waals surface area (Å²) < 4.78 is 13.0. The van der Waals surface area contributed by atoms with Crippen LogP contribution in [0.15, 0.2) is 18.2 Å². The van der Waals surface area contributed by atoms with E-state index in [0.29, 0.717) is 18.2 Å². The first kappa shape index (κ1) is 15.7. The van der Waals surface area contributed by atoms with Crippen LogP contribution in [-0.2, 0) is 4.79 Å². The lowest BCUT2D eigenvalue weighted by atomic mass is 9.95. The molecule has 1 amide bonds. The van der Waals surface area contributed by atoms with Crippen molar-refractivity contribution in [3.63, 3.8) is 0 Å². The van der Waals surface area contributed by atoms with Gasteiger partial charge in [-0.05, 0) is 49.9 Å². The molecule has 0 radical (unpaired) electrons. The maximum absolute atomic E-state index is 13.0. The molecule has 116 valence electrons. The monoisotopic (exact) mass is 295 g/mol. The summed E-state index contributed by atoms with van der Waals surface area (Å²) in [6.07, 6.45) is 2.92. The minimum atomic E-state index is -0.423. The Morgan fingerprint density at radius 3 is 3.05 bits per heavy atom. The fourth-order valence-corrected chi connectivity index (χ4v) is 2.75. The van der Waals surface area contributed by atoms with E-state index in [9.17, 15) is 9.18 Å². The standard InChI is InChI=1S/C15H22FN3O2/c16-12-3-4-14(13(17)8-12)18-15(21)10-19-6-1-2-11(9-19)5-7-20/h3-4,8,11,20H,1-2,5-7,9-10,17H2,(H,18,21). The highest BCUT2D eigenvalue weighted by atomic mass is 19.1. The number of aliphatic hydroxyl groups excluding tert-OH is 1. The van der Waals surface area contributed by atoms with E-state index in [4.69, 9.17) is 10.8 Å². The summed E-state index contributed by atoms with van der Waals surface area (Å²) in [5, 5.41) is 11.7. The number of likely N-dealkylation sites (tertiary alicyclic amines) is 1. The van der Waals surface area contributed by atoms with Gasteiger partial charge in [0.25, 0.3) is 0 Å². The van der Waals surface area contributed by atoms with Gasteiger partial charge in [0, 0.05) is 13.2 Å². The highest BCUT2D eigenvalue weighted by Crippen LogP contribution is 2.21. The molecular formula is C15H22FN3O2. The Hall–Kier alpha value is -1.66. The largest absolute Gasteiger partial charge is 0.397 e. The average molecular weight is 295 g/mol. The molecule has 2 rings (SSSR count). The number of anilines is 2. The van der Waals surface area contributed by atoms with Crippen LogP contribution in [0.2, 0.25) is 0 Å². The molecule has 1 fully saturated rings. The van der Waals surface area contributed by atoms with Crippen LogP contribution < -0.4 is 11.1 Å². The molecule has 0 saturated carbocycles. The molecule has 1 heterocycles. The second-order valence-electron chi connectivity index (χ2n) is 5.54. The summed E-state index contributed by atoms with van der Waals surface area (Å²) in [6.45, 7) is 2.19. The van der Waals surface area contributed by atoms with E-state index in [-0.39, 0.29) is 18.2 Å². The predicted molar refractivity (Wildman–Crippen MR) is 80.3 cm³/mol. The maximum Gasteiger partial charge on any atom is 0.238 e. The molecule has 0 bridgehead atoms. The molecule has 21 heavy (non-hydrogen) atoms. The number of nitrogens with two attached hydrogens (primary N) is 1. The Balaban J connectivity index is 1.86. The molecule has 1 aromatic carbocycles. The van der Waals surface area contributed by atoms with E-state index >= 15 is 0 Å². The van der Waals surface area contributed by atoms with Gasteiger partial charge in [-0.1, -0.05) is 0 Å². The van der Waals surface area contributed by atoms with Gasteiger partial charge < -0.3 is 16.2 Å². The van der Waals surface area contributed by atoms with Crippen LogP contribution in [0, 0.1) is 11.7 Å². The average Bonchev–Trinajstić information content (AvgIpc) is 2.43. The number of rotatable bonds is 5. The van der Waals surface area contributed by atoms with Gasteiger partial charge in [-0.25, -0.2) is 4.39 Å². The molecule has 0 aliphatic carbocycles. The third-order valence-corrected chi connectivity index (χ3v) is 3.80. The number of hydrogen-bond acceptors (Lipinski definition) is 4. The van der Waals surface area contributed by atoms with Crippen LogP contribution in [0.1, 0.15) is 19.3 Å². The number of nitrogen functional groups attached to an aromatic ring is 1. The number of hydrogen-bond donors (Lipinski definition) is 3. The molecule has 6 heteroatoms. The molecule has 5 nitrogen and oxygen atoms in total. The zero-order valence-electron chi connectivity index (χ0n) is 12.0. The molecule has 0 aromatic heterocycles. The van der Waals surface area contributed by atoms with Crippen LogP contribution >= 0.6 is 0 Å². The predicted octanol–water partition coefficient (Wildman–Crippen LogP) is 1.44. The van der Waals surface area contributed by atoms with Gasteiger partial charge in [-0.2, -0.15) is 0 Å². The van der Waals surface area contributed by atoms with Crippen molar-refractivity contribution < 1.29 is 14.3 Å². The number of carbonyl (C=O) groups is 1. The van der Waals surface area contributed by atoms with Gasteiger partial charge in [0.15, 0.2) is 0 Å². The maximum atomic E-state index is 13.0. The molecule has 1 saturated heterocycles. The summed E-state index contributed by atoms with van der Waals surface area (Å²) in [5.74, 6) is -0.126. The molecular weight excluding hydrogens is 273 g/mol. The number of halogens is 1. The highest BCUT2D eigenvalue weighted by Gasteiger charge is 2.21. The lowest BCUT2D eigenvalue weighted by Gasteiger charge is -2.31. The highest BCUT2D eigenvalue weighted by molar-refractivity contribution is 5.95. The topological polar surface area (TPSA) is 78.6 Å². The second-order valence-corrected chi connectivity index (χ2v) is 5.54. The molecule has 1 aliphatic heterocycles. The Morgan fingerprint density at radius 1 is 1.52 bits per heavy atom. The lowest BCUT2D eigenvalue weighted by molar-refractivity contribution is -0.117. The number of benzene rings is 1. The number of amides is 1. The van der Waals surface area contributed by atoms with E-state index in [1.165, 1.54) is 18.2 Å². The minimum Gasteiger partial charge on any atom is -0.397 e. The fraction of sp³-hybridized carbons (Fsp3) is 0.533. The molecule has 1 atom stereocenters. The van der Waals surface area contributed by atoms with Crippen LogP contribution in [0.5, 0.6) is 0 Å². The molecule has 1 aromatic rings. The molecule has 1 unspecified atom stereocenters. The van der Waals surface area contributed by atoms with Crippen molar-refractivity contribution in [3.05, 3.63) is 24.0 Å². The minimum absolute atomic E-state index is 0.155. The number of nitrogens with one attached hydrogen (secondary N) is 1. The first-order chi connectivity index (χ1) is 10.1. The van der Waals surface area contributed by atoms with Crippen molar-refractivity contribution >= 4 is 17.3 Å². The van der Waals surface area contributed by atoms with Crippen LogP contribution in [0.3, 0.4) is 0 Å². The Morgan fingerprint density at radius 2 is 2.33 bits per heavy atom. The van der Waals surface area contributed by atoms with E-state index < -0.39 is 5.82 Å². The third-order valence-electron chi connectivity index (χ3n) is 3.80. The van der Waals surface area contributed by atoms with Gasteiger partial charge in [0.05, 0.1) is 17.9 Å². The quantitative estimate of drug-likeness (QED) is 0.718. The van der Waals surface area contributed by atoms with Crippen molar-refractivity contribution in [2.75, 3.05) is 37.3 Å². The van der Waals surface area contributed by atoms with E-state index in [1.54, 1.807) is 0 Å². The Bertz CT molecular complexity index is 494. The summed E-state index contributed by atoms with van der Waals surface area (Å²) in [7, 11) is 0. The number of aliphatic hydroxyl groups is 1. The molecule has 4 N–H and O–H groups in total. The summed E-state index contributed by atoms with van der Waals surface area (Å²) in [5.41, 5.74) is 6.33. The summed E-state index contributed by atoms with van der Waals surface area (Å²) in [4.78, 5) is 14.1.